The zero-order valence-corrected chi connectivity index (χ0v) is 57.1. The number of aliphatic hydroxyl groups excluding tert-OH is 2. The van der Waals surface area contributed by atoms with Gasteiger partial charge in [0.2, 0.25) is 65.0 Å². The molecule has 24 nitrogen and oxygen atoms in total. The zero-order valence-electron chi connectivity index (χ0n) is 57.1. The Hall–Kier alpha value is -6.17. The van der Waals surface area contributed by atoms with E-state index >= 15 is 9.59 Å². The topological polar surface area (TPSA) is 299 Å². The average molecular weight is 1230 g/mol. The van der Waals surface area contributed by atoms with Crippen molar-refractivity contribution < 1.29 is 63.0 Å². The third-order valence-electron chi connectivity index (χ3n) is 16.2. The summed E-state index contributed by atoms with van der Waals surface area (Å²) in [6.45, 7) is 28.8. The molecule has 0 aliphatic carbocycles. The lowest BCUT2D eigenvalue weighted by molar-refractivity contribution is -0.157. The van der Waals surface area contributed by atoms with E-state index in [9.17, 15) is 53.4 Å². The summed E-state index contributed by atoms with van der Waals surface area (Å²) >= 11 is 0. The van der Waals surface area contributed by atoms with E-state index in [0.717, 1.165) is 9.80 Å². The van der Waals surface area contributed by atoms with Crippen molar-refractivity contribution in [3.63, 3.8) is 0 Å². The molecule has 0 aromatic carbocycles. The molecule has 0 aromatic heterocycles. The Morgan fingerprint density at radius 3 is 1.30 bits per heavy atom. The van der Waals surface area contributed by atoms with Gasteiger partial charge in [0.15, 0.2) is 0 Å². The smallest absolute Gasteiger partial charge is 0.246 e. The molecule has 1 saturated heterocycles. The number of aliphatic hydroxyl groups is 2. The molecule has 1 aliphatic rings. The molecule has 1 heterocycles. The maximum Gasteiger partial charge on any atom is 0.246 e. The molecular formula is C63H113N11O13. The number of hydrogen-bond acceptors (Lipinski definition) is 13. The van der Waals surface area contributed by atoms with Crippen molar-refractivity contribution in [2.24, 2.45) is 41.4 Å². The Bertz CT molecular complexity index is 2380. The number of amides is 11. The molecule has 0 radical (unpaired) electrons. The fraction of sp³-hybridized carbons (Fsp3) is 0.794. The summed E-state index contributed by atoms with van der Waals surface area (Å²) in [5, 5.41) is 33.8. The summed E-state index contributed by atoms with van der Waals surface area (Å²) in [6, 6.07) is -12.9. The molecule has 0 spiro atoms. The van der Waals surface area contributed by atoms with Crippen molar-refractivity contribution in [2.75, 3.05) is 55.9 Å². The number of nitrogens with one attached hydrogen (secondary N) is 4. The third kappa shape index (κ3) is 22.7. The molecule has 11 amide bonds. The lowest BCUT2D eigenvalue weighted by Crippen LogP contribution is -2.63. The van der Waals surface area contributed by atoms with Gasteiger partial charge in [-0.1, -0.05) is 102 Å². The number of likely N-dealkylation sites (N-methyl/N-ethyl adjacent to an activating group) is 7. The normalized spacial score (nSPS) is 26.9. The Labute approximate surface area is 520 Å². The first-order valence-corrected chi connectivity index (χ1v) is 31.1. The highest BCUT2D eigenvalue weighted by molar-refractivity contribution is 5.99. The van der Waals surface area contributed by atoms with E-state index in [1.807, 2.05) is 55.4 Å². The summed E-state index contributed by atoms with van der Waals surface area (Å²) in [5.74, 6) is -10.4. The van der Waals surface area contributed by atoms with Crippen LogP contribution in [-0.2, 0) is 52.7 Å². The van der Waals surface area contributed by atoms with Crippen LogP contribution in [0.5, 0.6) is 0 Å². The van der Waals surface area contributed by atoms with Crippen molar-refractivity contribution in [3.8, 4) is 0 Å². The highest BCUT2D eigenvalue weighted by atomic mass is 16.3. The van der Waals surface area contributed by atoms with Crippen LogP contribution in [0.4, 0.5) is 0 Å². The molecule has 1 rings (SSSR count). The van der Waals surface area contributed by atoms with Crippen LogP contribution in [0.1, 0.15) is 156 Å². The average Bonchev–Trinajstić information content (AvgIpc) is 1.65. The minimum atomic E-state index is -1.70. The maximum absolute atomic E-state index is 15.2. The summed E-state index contributed by atoms with van der Waals surface area (Å²) in [5.41, 5.74) is 0. The van der Waals surface area contributed by atoms with Gasteiger partial charge in [0, 0.05) is 55.8 Å². The molecule has 1 fully saturated rings. The first kappa shape index (κ1) is 78.8. The molecule has 498 valence electrons. The minimum Gasteiger partial charge on any atom is -0.393 e. The number of allylic oxidation sites excluding steroid dienone is 2. The van der Waals surface area contributed by atoms with Gasteiger partial charge in [0.25, 0.3) is 0 Å². The number of nitrogens with zero attached hydrogens (tertiary/aromatic N) is 7. The summed E-state index contributed by atoms with van der Waals surface area (Å²) in [6.07, 6.45) is 1.21. The Balaban J connectivity index is 4.40. The van der Waals surface area contributed by atoms with Crippen LogP contribution in [0.3, 0.4) is 0 Å². The predicted molar refractivity (Wildman–Crippen MR) is 334 cm³/mol. The van der Waals surface area contributed by atoms with Crippen LogP contribution >= 0.6 is 0 Å². The van der Waals surface area contributed by atoms with E-state index in [1.54, 1.807) is 53.7 Å². The van der Waals surface area contributed by atoms with Crippen molar-refractivity contribution in [1.82, 2.24) is 55.6 Å². The number of carbonyl (C=O) groups is 11. The largest absolute Gasteiger partial charge is 0.393 e. The molecule has 0 saturated carbocycles. The van der Waals surface area contributed by atoms with Crippen LogP contribution in [0, 0.1) is 41.4 Å². The van der Waals surface area contributed by atoms with Gasteiger partial charge < -0.3 is 65.8 Å². The lowest BCUT2D eigenvalue weighted by atomic mass is 9.91. The second kappa shape index (κ2) is 35.7. The third-order valence-corrected chi connectivity index (χ3v) is 16.2. The summed E-state index contributed by atoms with van der Waals surface area (Å²) in [4.78, 5) is 169. The van der Waals surface area contributed by atoms with Crippen molar-refractivity contribution >= 4 is 65.0 Å². The van der Waals surface area contributed by atoms with Gasteiger partial charge in [-0.05, 0) is 101 Å². The van der Waals surface area contributed by atoms with Gasteiger partial charge >= 0.3 is 0 Å². The fourth-order valence-electron chi connectivity index (χ4n) is 10.9. The van der Waals surface area contributed by atoms with Crippen LogP contribution in [-0.4, -0.2) is 238 Å². The first-order valence-electron chi connectivity index (χ1n) is 31.1. The van der Waals surface area contributed by atoms with Gasteiger partial charge in [-0.3, -0.25) is 52.7 Å². The van der Waals surface area contributed by atoms with Gasteiger partial charge in [-0.15, -0.1) is 0 Å². The van der Waals surface area contributed by atoms with Crippen molar-refractivity contribution in [3.05, 3.63) is 12.2 Å². The van der Waals surface area contributed by atoms with Gasteiger partial charge in [-0.2, -0.15) is 0 Å². The molecule has 13 atom stereocenters. The highest BCUT2D eigenvalue weighted by Crippen LogP contribution is 2.26. The zero-order chi connectivity index (χ0) is 67.6. The van der Waals surface area contributed by atoms with Crippen molar-refractivity contribution in [2.45, 2.75) is 229 Å². The van der Waals surface area contributed by atoms with E-state index in [4.69, 9.17) is 0 Å². The number of hydrogen-bond donors (Lipinski definition) is 6. The summed E-state index contributed by atoms with van der Waals surface area (Å²) < 4.78 is 0. The number of carbonyl (C=O) groups excluding carboxylic acids is 11. The summed E-state index contributed by atoms with van der Waals surface area (Å²) in [7, 11) is 9.72. The van der Waals surface area contributed by atoms with Gasteiger partial charge in [0.1, 0.15) is 60.4 Å². The van der Waals surface area contributed by atoms with Crippen LogP contribution < -0.4 is 21.3 Å². The Morgan fingerprint density at radius 2 is 0.851 bits per heavy atom. The van der Waals surface area contributed by atoms with E-state index in [1.165, 1.54) is 94.6 Å². The minimum absolute atomic E-state index is 0.121. The maximum atomic E-state index is 15.2. The van der Waals surface area contributed by atoms with Crippen LogP contribution in [0.2, 0.25) is 0 Å². The molecule has 87 heavy (non-hydrogen) atoms. The lowest BCUT2D eigenvalue weighted by Gasteiger charge is -2.41. The van der Waals surface area contributed by atoms with Gasteiger partial charge in [-0.25, -0.2) is 0 Å². The van der Waals surface area contributed by atoms with E-state index < -0.39 is 162 Å². The standard InChI is InChI=1S/C63H113N11O13/c1-25-26-27-40(14)53(77)52-57(81)66-44(32-41(15)75)59(83)68(18)33-49(76)69(19)45(28-34(2)3)56(80)67-50(38(10)11)62(86)70(20)46(29-35(4)5)55(79)64-42(16)54(78)65-43(17)58(82)71(21)47(30-36(6)7)60(84)72(22)48(31-37(8)9)61(85)73(23)51(39(12)13)63(87)74(52)24/h25-26,34-48,50-53,75,77H,27-33H2,1-24H3,(H,64,79)(H,65,78)(H,66,81)(H,67,80)/b26-25+/t40-,41-,42+,43-,44+,45+,46+,47+,48+,50+,51+,52+,53-/m1/s1. The van der Waals surface area contributed by atoms with Gasteiger partial charge in [0.05, 0.1) is 18.8 Å². The molecule has 0 aromatic rings. The monoisotopic (exact) mass is 1230 g/mol. The quantitative estimate of drug-likeness (QED) is 0.121. The molecule has 24 heteroatoms. The van der Waals surface area contributed by atoms with Crippen LogP contribution in [0.15, 0.2) is 12.2 Å². The molecule has 0 bridgehead atoms. The second-order valence-electron chi connectivity index (χ2n) is 26.8. The fourth-order valence-corrected chi connectivity index (χ4v) is 10.9. The van der Waals surface area contributed by atoms with E-state index in [2.05, 4.69) is 21.3 Å². The predicted octanol–water partition coefficient (Wildman–Crippen LogP) is 2.63. The Morgan fingerprint density at radius 1 is 0.437 bits per heavy atom. The Kier molecular flexibility index (Phi) is 32.4. The van der Waals surface area contributed by atoms with Crippen LogP contribution in [0.25, 0.3) is 0 Å². The highest BCUT2D eigenvalue weighted by Gasteiger charge is 2.46. The molecular weight excluding hydrogens is 1120 g/mol. The second-order valence-corrected chi connectivity index (χ2v) is 26.8. The van der Waals surface area contributed by atoms with Crippen molar-refractivity contribution in [1.29, 1.82) is 0 Å². The van der Waals surface area contributed by atoms with E-state index in [-0.39, 0.29) is 62.2 Å². The molecule has 1 aliphatic heterocycles. The number of rotatable bonds is 16. The molecule has 0 unspecified atom stereocenters. The first-order chi connectivity index (χ1) is 40.1. The SMILES string of the molecule is C/C=C/C[C@@H](C)[C@@H](O)[C@H]1C(=O)N[C@@H](C[C@@H](C)O)C(=O)N(C)CC(=O)N(C)[C@@H](CC(C)C)C(=O)N[C@@H](C(C)C)C(=O)N(C)[C@@H](CC(C)C)C(=O)N[C@@H](C)C(=O)N[C@H](C)C(=O)N(C)[C@@H](CC(C)C)C(=O)N(C)[C@@H](CC(C)C)C(=O)N(C)[C@@H](C(C)C)C(=O)N1C. The molecule has 6 N–H and O–H groups in total. The van der Waals surface area contributed by atoms with E-state index in [0.29, 0.717) is 0 Å².